The van der Waals surface area contributed by atoms with Crippen LogP contribution in [-0.2, 0) is 6.42 Å². The summed E-state index contributed by atoms with van der Waals surface area (Å²) in [5.74, 6) is 1.02. The van der Waals surface area contributed by atoms with E-state index in [2.05, 4.69) is 55.4 Å². The fraction of sp³-hybridized carbons (Fsp3) is 0.200. The molecule has 4 heteroatoms. The Bertz CT molecular complexity index is 575. The van der Waals surface area contributed by atoms with Crippen molar-refractivity contribution >= 4 is 37.5 Å². The van der Waals surface area contributed by atoms with Gasteiger partial charge in [0.25, 0.3) is 0 Å². The molecule has 0 saturated carbocycles. The van der Waals surface area contributed by atoms with E-state index in [1.807, 2.05) is 24.3 Å². The lowest BCUT2D eigenvalue weighted by molar-refractivity contribution is 0.246. The van der Waals surface area contributed by atoms with Gasteiger partial charge in [-0.2, -0.15) is 0 Å². The summed E-state index contributed by atoms with van der Waals surface area (Å²) in [5, 5.41) is 3.42. The Labute approximate surface area is 129 Å². The van der Waals surface area contributed by atoms with Crippen LogP contribution >= 0.6 is 31.9 Å². The van der Waals surface area contributed by atoms with Gasteiger partial charge in [-0.25, -0.2) is 0 Å². The minimum absolute atomic E-state index is 0.202. The van der Waals surface area contributed by atoms with Crippen molar-refractivity contribution < 1.29 is 4.74 Å². The van der Waals surface area contributed by atoms with Gasteiger partial charge in [-0.05, 0) is 45.8 Å². The van der Waals surface area contributed by atoms with Crippen molar-refractivity contribution in [1.82, 2.24) is 0 Å². The highest BCUT2D eigenvalue weighted by Gasteiger charge is 2.21. The van der Waals surface area contributed by atoms with Gasteiger partial charge in [-0.15, -0.1) is 0 Å². The average Bonchev–Trinajstić information content (AvgIpc) is 2.80. The molecule has 19 heavy (non-hydrogen) atoms. The van der Waals surface area contributed by atoms with Gasteiger partial charge in [-0.3, -0.25) is 0 Å². The third-order valence-electron chi connectivity index (χ3n) is 3.17. The topological polar surface area (TPSA) is 21.3 Å². The molecule has 0 spiro atoms. The average molecular weight is 383 g/mol. The lowest BCUT2D eigenvalue weighted by Crippen LogP contribution is -2.24. The molecule has 2 aromatic rings. The van der Waals surface area contributed by atoms with Gasteiger partial charge < -0.3 is 10.1 Å². The zero-order chi connectivity index (χ0) is 13.2. The SMILES string of the molecule is Brc1ccc(NCC2Cc3ccccc3O2)c(Br)c1. The zero-order valence-electron chi connectivity index (χ0n) is 10.2. The van der Waals surface area contributed by atoms with Crippen molar-refractivity contribution in [2.75, 3.05) is 11.9 Å². The maximum absolute atomic E-state index is 5.91. The molecule has 1 aliphatic heterocycles. The van der Waals surface area contributed by atoms with E-state index in [0.717, 1.165) is 33.3 Å². The highest BCUT2D eigenvalue weighted by molar-refractivity contribution is 9.11. The van der Waals surface area contributed by atoms with Crippen LogP contribution in [0.15, 0.2) is 51.4 Å². The summed E-state index contributed by atoms with van der Waals surface area (Å²) >= 11 is 7.00. The molecule has 1 N–H and O–H groups in total. The number of ether oxygens (including phenoxy) is 1. The van der Waals surface area contributed by atoms with Gasteiger partial charge >= 0.3 is 0 Å². The van der Waals surface area contributed by atoms with E-state index in [9.17, 15) is 0 Å². The molecule has 3 rings (SSSR count). The maximum atomic E-state index is 5.91. The summed E-state index contributed by atoms with van der Waals surface area (Å²) < 4.78 is 8.02. The van der Waals surface area contributed by atoms with Crippen molar-refractivity contribution in [2.45, 2.75) is 12.5 Å². The molecule has 0 aromatic heterocycles. The van der Waals surface area contributed by atoms with Crippen LogP contribution in [0.5, 0.6) is 5.75 Å². The van der Waals surface area contributed by atoms with E-state index in [4.69, 9.17) is 4.74 Å². The van der Waals surface area contributed by atoms with Crippen molar-refractivity contribution in [3.8, 4) is 5.75 Å². The Hall–Kier alpha value is -1.00. The van der Waals surface area contributed by atoms with Crippen molar-refractivity contribution in [1.29, 1.82) is 0 Å². The van der Waals surface area contributed by atoms with E-state index in [-0.39, 0.29) is 6.10 Å². The molecule has 0 amide bonds. The molecule has 0 saturated heterocycles. The number of hydrogen-bond acceptors (Lipinski definition) is 2. The van der Waals surface area contributed by atoms with Crippen molar-refractivity contribution in [3.63, 3.8) is 0 Å². The first-order chi connectivity index (χ1) is 9.22. The second-order valence-corrected chi connectivity index (χ2v) is 6.33. The first kappa shape index (κ1) is 13.0. The van der Waals surface area contributed by atoms with Crippen LogP contribution in [0.2, 0.25) is 0 Å². The first-order valence-electron chi connectivity index (χ1n) is 6.16. The number of nitrogens with one attached hydrogen (secondary N) is 1. The molecule has 2 aromatic carbocycles. The van der Waals surface area contributed by atoms with Crippen molar-refractivity contribution in [3.05, 3.63) is 57.0 Å². The Morgan fingerprint density at radius 1 is 1.16 bits per heavy atom. The van der Waals surface area contributed by atoms with Crippen LogP contribution < -0.4 is 10.1 Å². The second kappa shape index (κ2) is 5.55. The third kappa shape index (κ3) is 2.95. The Balaban J connectivity index is 1.63. The van der Waals surface area contributed by atoms with E-state index in [1.165, 1.54) is 5.56 Å². The number of rotatable bonds is 3. The molecule has 0 aliphatic carbocycles. The molecule has 1 atom stereocenters. The van der Waals surface area contributed by atoms with Crippen LogP contribution in [0, 0.1) is 0 Å². The van der Waals surface area contributed by atoms with Crippen LogP contribution in [0.1, 0.15) is 5.56 Å². The lowest BCUT2D eigenvalue weighted by atomic mass is 10.1. The van der Waals surface area contributed by atoms with Gasteiger partial charge in [-0.1, -0.05) is 34.1 Å². The van der Waals surface area contributed by atoms with E-state index < -0.39 is 0 Å². The Morgan fingerprint density at radius 2 is 2.00 bits per heavy atom. The molecule has 1 unspecified atom stereocenters. The number of benzene rings is 2. The quantitative estimate of drug-likeness (QED) is 0.835. The smallest absolute Gasteiger partial charge is 0.123 e. The molecule has 0 fully saturated rings. The molecular formula is C15H13Br2NO. The molecule has 98 valence electrons. The molecule has 1 heterocycles. The fourth-order valence-electron chi connectivity index (χ4n) is 2.22. The van der Waals surface area contributed by atoms with E-state index in [0.29, 0.717) is 0 Å². The third-order valence-corrected chi connectivity index (χ3v) is 4.31. The van der Waals surface area contributed by atoms with E-state index >= 15 is 0 Å². The number of halogens is 2. The molecular weight excluding hydrogens is 370 g/mol. The molecule has 1 aliphatic rings. The number of fused-ring (bicyclic) bond motifs is 1. The van der Waals surface area contributed by atoms with Gasteiger partial charge in [0.15, 0.2) is 0 Å². The van der Waals surface area contributed by atoms with Gasteiger partial charge in [0.1, 0.15) is 11.9 Å². The van der Waals surface area contributed by atoms with Crippen LogP contribution in [0.3, 0.4) is 0 Å². The van der Waals surface area contributed by atoms with Crippen LogP contribution in [-0.4, -0.2) is 12.6 Å². The molecule has 2 nitrogen and oxygen atoms in total. The summed E-state index contributed by atoms with van der Waals surface area (Å²) in [6.07, 6.45) is 1.17. The summed E-state index contributed by atoms with van der Waals surface area (Å²) in [6.45, 7) is 0.801. The maximum Gasteiger partial charge on any atom is 0.123 e. The minimum atomic E-state index is 0.202. The monoisotopic (exact) mass is 381 g/mol. The summed E-state index contributed by atoms with van der Waals surface area (Å²) in [4.78, 5) is 0. The predicted molar refractivity (Wildman–Crippen MR) is 84.9 cm³/mol. The first-order valence-corrected chi connectivity index (χ1v) is 7.74. The minimum Gasteiger partial charge on any atom is -0.488 e. The normalized spacial score (nSPS) is 16.8. The van der Waals surface area contributed by atoms with Crippen LogP contribution in [0.25, 0.3) is 0 Å². The second-order valence-electron chi connectivity index (χ2n) is 4.56. The van der Waals surface area contributed by atoms with Crippen LogP contribution in [0.4, 0.5) is 5.69 Å². The molecule has 0 radical (unpaired) electrons. The summed E-state index contributed by atoms with van der Waals surface area (Å²) in [7, 11) is 0. The summed E-state index contributed by atoms with van der Waals surface area (Å²) in [6, 6.07) is 14.3. The standard InChI is InChI=1S/C15H13Br2NO/c16-11-5-6-14(13(17)8-11)18-9-12-7-10-3-1-2-4-15(10)19-12/h1-6,8,12,18H,7,9H2. The zero-order valence-corrected chi connectivity index (χ0v) is 13.4. The summed E-state index contributed by atoms with van der Waals surface area (Å²) in [5.41, 5.74) is 2.38. The largest absolute Gasteiger partial charge is 0.488 e. The number of anilines is 1. The number of para-hydroxylation sites is 1. The van der Waals surface area contributed by atoms with E-state index in [1.54, 1.807) is 0 Å². The number of hydrogen-bond donors (Lipinski definition) is 1. The Kier molecular flexibility index (Phi) is 3.80. The molecule has 0 bridgehead atoms. The lowest BCUT2D eigenvalue weighted by Gasteiger charge is -2.14. The Morgan fingerprint density at radius 3 is 2.79 bits per heavy atom. The van der Waals surface area contributed by atoms with Gasteiger partial charge in [0, 0.05) is 21.1 Å². The van der Waals surface area contributed by atoms with Gasteiger partial charge in [0.05, 0.1) is 6.54 Å². The van der Waals surface area contributed by atoms with Crippen molar-refractivity contribution in [2.24, 2.45) is 0 Å². The fourth-order valence-corrected chi connectivity index (χ4v) is 3.41. The predicted octanol–water partition coefficient (Wildman–Crippen LogP) is 4.63. The highest BCUT2D eigenvalue weighted by Crippen LogP contribution is 2.30. The van der Waals surface area contributed by atoms with Gasteiger partial charge in [0.2, 0.25) is 0 Å². The highest BCUT2D eigenvalue weighted by atomic mass is 79.9.